The van der Waals surface area contributed by atoms with Crippen LogP contribution in [0.1, 0.15) is 47.2 Å². The van der Waals surface area contributed by atoms with E-state index in [1.807, 2.05) is 79.2 Å². The van der Waals surface area contributed by atoms with Gasteiger partial charge in [0.25, 0.3) is 0 Å². The molecule has 0 bridgehead atoms. The fraction of sp³-hybridized carbons (Fsp3) is 0.516. The number of amides is 2. The van der Waals surface area contributed by atoms with Gasteiger partial charge in [-0.1, -0.05) is 6.07 Å². The number of carbonyl (C=O) groups is 2. The Morgan fingerprint density at radius 2 is 1.81 bits per heavy atom. The molecule has 6 rings (SSSR count). The van der Waals surface area contributed by atoms with E-state index in [9.17, 15) is 9.59 Å². The zero-order chi connectivity index (χ0) is 30.7. The highest BCUT2D eigenvalue weighted by Gasteiger charge is 2.42. The summed E-state index contributed by atoms with van der Waals surface area (Å²) in [6, 6.07) is 7.94. The van der Waals surface area contributed by atoms with Crippen LogP contribution in [0.2, 0.25) is 0 Å². The minimum Gasteiger partial charge on any atom is -0.444 e. The van der Waals surface area contributed by atoms with Crippen LogP contribution in [0.4, 0.5) is 16.6 Å². The van der Waals surface area contributed by atoms with Crippen molar-refractivity contribution >= 4 is 51.0 Å². The topological polar surface area (TPSA) is 99.4 Å². The molecule has 2 amide bonds. The molecular weight excluding hydrogens is 564 g/mol. The Hall–Kier alpha value is -3.93. The number of hydrogen-bond acceptors (Lipinski definition) is 9. The summed E-state index contributed by atoms with van der Waals surface area (Å²) in [5, 5.41) is 2.03. The van der Waals surface area contributed by atoms with E-state index in [0.717, 1.165) is 27.4 Å². The van der Waals surface area contributed by atoms with E-state index in [1.165, 1.54) is 0 Å². The van der Waals surface area contributed by atoms with Crippen molar-refractivity contribution in [3.05, 3.63) is 47.7 Å². The predicted octanol–water partition coefficient (Wildman–Crippen LogP) is 4.61. The molecule has 0 N–H and O–H groups in total. The van der Waals surface area contributed by atoms with Crippen molar-refractivity contribution in [3.63, 3.8) is 0 Å². The van der Waals surface area contributed by atoms with Crippen molar-refractivity contribution in [2.45, 2.75) is 58.7 Å². The van der Waals surface area contributed by atoms with E-state index < -0.39 is 11.1 Å². The highest BCUT2D eigenvalue weighted by Crippen LogP contribution is 2.37. The number of thiophene rings is 1. The molecule has 12 heteroatoms. The molecule has 0 spiro atoms. The maximum absolute atomic E-state index is 13.7. The fourth-order valence-electron chi connectivity index (χ4n) is 5.84. The summed E-state index contributed by atoms with van der Waals surface area (Å²) in [6.07, 6.45) is 3.55. The first kappa shape index (κ1) is 29.2. The molecule has 0 radical (unpaired) electrons. The summed E-state index contributed by atoms with van der Waals surface area (Å²) < 4.78 is 8.66. The second-order valence-electron chi connectivity index (χ2n) is 13.1. The van der Waals surface area contributed by atoms with E-state index in [1.54, 1.807) is 16.2 Å². The number of hydrogen-bond donors (Lipinski definition) is 0. The summed E-state index contributed by atoms with van der Waals surface area (Å²) >= 11 is 1.62. The lowest BCUT2D eigenvalue weighted by Gasteiger charge is -2.44. The molecule has 228 valence electrons. The third-order valence-corrected chi connectivity index (χ3v) is 9.45. The van der Waals surface area contributed by atoms with E-state index in [2.05, 4.69) is 35.6 Å². The minimum absolute atomic E-state index is 0.0198. The van der Waals surface area contributed by atoms with Gasteiger partial charge in [0, 0.05) is 52.0 Å². The van der Waals surface area contributed by atoms with Crippen molar-refractivity contribution in [1.29, 1.82) is 0 Å². The Morgan fingerprint density at radius 1 is 1.05 bits per heavy atom. The number of ether oxygens (including phenoxy) is 1. The second kappa shape index (κ2) is 10.7. The number of nitrogens with zero attached hydrogens (tertiary/aromatic N) is 8. The van der Waals surface area contributed by atoms with E-state index >= 15 is 0 Å². The molecule has 11 nitrogen and oxygen atoms in total. The smallest absolute Gasteiger partial charge is 0.410 e. The van der Waals surface area contributed by atoms with Crippen molar-refractivity contribution < 1.29 is 14.3 Å². The number of carbonyl (C=O) groups excluding carboxylic acids is 2. The van der Waals surface area contributed by atoms with Crippen LogP contribution in [-0.4, -0.2) is 92.6 Å². The van der Waals surface area contributed by atoms with Crippen molar-refractivity contribution in [3.8, 4) is 0 Å². The lowest BCUT2D eigenvalue weighted by Crippen LogP contribution is -2.57. The van der Waals surface area contributed by atoms with Crippen LogP contribution >= 0.6 is 11.3 Å². The third-order valence-electron chi connectivity index (χ3n) is 8.55. The first-order chi connectivity index (χ1) is 20.3. The van der Waals surface area contributed by atoms with Gasteiger partial charge in [-0.3, -0.25) is 4.79 Å². The molecular formula is C31H40N8O3S. The molecule has 4 aromatic heterocycles. The third kappa shape index (κ3) is 5.37. The number of imidazole rings is 1. The molecule has 6 heterocycles. The predicted molar refractivity (Wildman–Crippen MR) is 169 cm³/mol. The molecule has 2 aliphatic heterocycles. The number of anilines is 2. The van der Waals surface area contributed by atoms with Crippen LogP contribution in [0.3, 0.4) is 0 Å². The summed E-state index contributed by atoms with van der Waals surface area (Å²) in [6.45, 7) is 14.7. The molecule has 0 aromatic carbocycles. The van der Waals surface area contributed by atoms with E-state index in [4.69, 9.17) is 14.7 Å². The van der Waals surface area contributed by atoms with Gasteiger partial charge in [0.05, 0.1) is 33.6 Å². The summed E-state index contributed by atoms with van der Waals surface area (Å²) in [5.74, 6) is 1.49. The van der Waals surface area contributed by atoms with Crippen LogP contribution in [-0.2, 0) is 15.1 Å². The Labute approximate surface area is 256 Å². The number of fused-ring (bicyclic) bond motifs is 2. The van der Waals surface area contributed by atoms with Gasteiger partial charge < -0.3 is 28.7 Å². The average Bonchev–Trinajstić information content (AvgIpc) is 3.58. The monoisotopic (exact) mass is 604 g/mol. The van der Waals surface area contributed by atoms with E-state index in [-0.39, 0.29) is 24.0 Å². The molecule has 0 saturated carbocycles. The van der Waals surface area contributed by atoms with Gasteiger partial charge in [0.15, 0.2) is 5.82 Å². The van der Waals surface area contributed by atoms with Gasteiger partial charge in [0.2, 0.25) is 11.9 Å². The van der Waals surface area contributed by atoms with Crippen LogP contribution < -0.4 is 9.80 Å². The molecule has 0 unspecified atom stereocenters. The lowest BCUT2D eigenvalue weighted by molar-refractivity contribution is -0.140. The molecule has 2 saturated heterocycles. The first-order valence-corrected chi connectivity index (χ1v) is 15.7. The first-order valence-electron chi connectivity index (χ1n) is 14.8. The lowest BCUT2D eigenvalue weighted by atomic mass is 9.93. The Bertz CT molecular complexity index is 1670. The van der Waals surface area contributed by atoms with Gasteiger partial charge in [-0.25, -0.2) is 14.8 Å². The van der Waals surface area contributed by atoms with Crippen LogP contribution in [0.25, 0.3) is 15.9 Å². The molecule has 0 aliphatic carbocycles. The van der Waals surface area contributed by atoms with E-state index in [0.29, 0.717) is 38.7 Å². The molecule has 4 aromatic rings. The SMILES string of the molecule is C[C@H]1CN(C(=O)OC(C)(C)C)CCN1c1nc(N2CC(C(=O)N(C)C(C)(C)c3cnc4ccccn34)C2)c2sccc2n1. The molecule has 2 aliphatic rings. The van der Waals surface area contributed by atoms with Crippen LogP contribution in [0.5, 0.6) is 0 Å². The highest BCUT2D eigenvalue weighted by molar-refractivity contribution is 7.17. The maximum Gasteiger partial charge on any atom is 0.410 e. The highest BCUT2D eigenvalue weighted by atomic mass is 32.1. The number of pyridine rings is 1. The zero-order valence-corrected chi connectivity index (χ0v) is 26.8. The summed E-state index contributed by atoms with van der Waals surface area (Å²) in [4.78, 5) is 48.8. The van der Waals surface area contributed by atoms with Gasteiger partial charge in [-0.15, -0.1) is 11.3 Å². The summed E-state index contributed by atoms with van der Waals surface area (Å²) in [7, 11) is 1.88. The summed E-state index contributed by atoms with van der Waals surface area (Å²) in [5.41, 5.74) is 1.65. The van der Waals surface area contributed by atoms with Crippen molar-refractivity contribution in [1.82, 2.24) is 29.2 Å². The Balaban J connectivity index is 1.16. The quantitative estimate of drug-likeness (QED) is 0.326. The van der Waals surface area contributed by atoms with Crippen molar-refractivity contribution in [2.24, 2.45) is 5.92 Å². The van der Waals surface area contributed by atoms with Gasteiger partial charge in [-0.2, -0.15) is 4.98 Å². The van der Waals surface area contributed by atoms with Crippen LogP contribution in [0, 0.1) is 5.92 Å². The Kier molecular flexibility index (Phi) is 7.22. The molecule has 2 fully saturated rings. The van der Waals surface area contributed by atoms with Gasteiger partial charge >= 0.3 is 6.09 Å². The maximum atomic E-state index is 13.7. The largest absolute Gasteiger partial charge is 0.444 e. The number of piperazine rings is 1. The molecule has 43 heavy (non-hydrogen) atoms. The number of rotatable bonds is 5. The normalized spacial score (nSPS) is 18.3. The number of aromatic nitrogens is 4. The Morgan fingerprint density at radius 3 is 2.53 bits per heavy atom. The standard InChI is InChI=1S/C31H40N8O3S/c1-20-17-36(29(41)42-30(2,3)4)13-14-38(20)28-33-22-11-15-43-25(22)26(34-28)37-18-21(19-37)27(40)35(7)31(5,6)23-16-32-24-10-8-9-12-39(23)24/h8-12,15-16,20-21H,13-14,17-19H2,1-7H3/t20-/m0/s1. The van der Waals surface area contributed by atoms with Crippen LogP contribution in [0.15, 0.2) is 42.0 Å². The minimum atomic E-state index is -0.543. The molecule has 1 atom stereocenters. The average molecular weight is 605 g/mol. The fourth-order valence-corrected chi connectivity index (χ4v) is 6.69. The van der Waals surface area contributed by atoms with Gasteiger partial charge in [0.1, 0.15) is 11.2 Å². The van der Waals surface area contributed by atoms with Crippen molar-refractivity contribution in [2.75, 3.05) is 49.6 Å². The van der Waals surface area contributed by atoms with Gasteiger partial charge in [-0.05, 0) is 65.1 Å². The second-order valence-corrected chi connectivity index (χ2v) is 14.0. The zero-order valence-electron chi connectivity index (χ0n) is 25.9.